The van der Waals surface area contributed by atoms with E-state index < -0.39 is 0 Å². The molecular weight excluding hydrogens is 396 g/mol. The summed E-state index contributed by atoms with van der Waals surface area (Å²) in [6.45, 7) is 3.83. The van der Waals surface area contributed by atoms with E-state index in [9.17, 15) is 4.79 Å². The molecule has 0 radical (unpaired) electrons. The lowest BCUT2D eigenvalue weighted by atomic mass is 10.2. The van der Waals surface area contributed by atoms with E-state index in [0.29, 0.717) is 28.0 Å². The molecule has 1 amide bonds. The number of hydrogen-bond donors (Lipinski definition) is 2. The maximum atomic E-state index is 12.4. The first-order valence-corrected chi connectivity index (χ1v) is 9.12. The van der Waals surface area contributed by atoms with Gasteiger partial charge in [0, 0.05) is 17.8 Å². The maximum absolute atomic E-state index is 12.4. The number of anilines is 2. The highest BCUT2D eigenvalue weighted by Gasteiger charge is 2.13. The quantitative estimate of drug-likeness (QED) is 0.610. The van der Waals surface area contributed by atoms with Crippen LogP contribution in [0, 0.1) is 13.8 Å². The Bertz CT molecular complexity index is 1040. The molecule has 3 aromatic rings. The van der Waals surface area contributed by atoms with Crippen LogP contribution < -0.4 is 20.1 Å². The van der Waals surface area contributed by atoms with Gasteiger partial charge >= 0.3 is 0 Å². The first-order chi connectivity index (χ1) is 13.9. The van der Waals surface area contributed by atoms with Crippen LogP contribution in [0.25, 0.3) is 5.69 Å². The summed E-state index contributed by atoms with van der Waals surface area (Å²) in [5, 5.41) is 17.9. The second-order valence-electron chi connectivity index (χ2n) is 6.23. The molecule has 1 heterocycles. The molecule has 0 fully saturated rings. The van der Waals surface area contributed by atoms with Gasteiger partial charge in [0.25, 0.3) is 0 Å². The van der Waals surface area contributed by atoms with Crippen molar-refractivity contribution in [2.24, 2.45) is 0 Å². The van der Waals surface area contributed by atoms with Gasteiger partial charge in [0.15, 0.2) is 5.82 Å². The van der Waals surface area contributed by atoms with Crippen LogP contribution in [0.2, 0.25) is 5.02 Å². The zero-order valence-electron chi connectivity index (χ0n) is 16.5. The summed E-state index contributed by atoms with van der Waals surface area (Å²) in [4.78, 5) is 12.4. The molecule has 29 heavy (non-hydrogen) atoms. The van der Waals surface area contributed by atoms with Crippen molar-refractivity contribution in [3.63, 3.8) is 0 Å². The van der Waals surface area contributed by atoms with Gasteiger partial charge in [0.05, 0.1) is 37.2 Å². The van der Waals surface area contributed by atoms with Gasteiger partial charge in [0.1, 0.15) is 11.5 Å². The minimum absolute atomic E-state index is 0.0468. The minimum atomic E-state index is -0.256. The van der Waals surface area contributed by atoms with Crippen molar-refractivity contribution in [1.29, 1.82) is 0 Å². The molecule has 3 rings (SSSR count). The number of amides is 1. The fraction of sp³-hybridized carbons (Fsp3) is 0.263. The van der Waals surface area contributed by atoms with Crippen LogP contribution in [-0.2, 0) is 4.79 Å². The molecule has 10 heteroatoms. The smallest absolute Gasteiger partial charge is 0.243 e. The van der Waals surface area contributed by atoms with Gasteiger partial charge in [-0.05, 0) is 42.0 Å². The van der Waals surface area contributed by atoms with E-state index in [1.807, 2.05) is 32.0 Å². The Morgan fingerprint density at radius 3 is 2.55 bits per heavy atom. The Morgan fingerprint density at radius 1 is 1.14 bits per heavy atom. The summed E-state index contributed by atoms with van der Waals surface area (Å²) in [5.74, 6) is 1.30. The zero-order valence-corrected chi connectivity index (χ0v) is 17.2. The SMILES string of the molecule is COc1cc(NC(=O)CNc2ccc(C)c(-n3nnnc3C)c2)c(OC)cc1Cl. The van der Waals surface area contributed by atoms with Crippen LogP contribution in [0.4, 0.5) is 11.4 Å². The van der Waals surface area contributed by atoms with Crippen LogP contribution in [0.1, 0.15) is 11.4 Å². The van der Waals surface area contributed by atoms with E-state index in [1.54, 1.807) is 16.8 Å². The van der Waals surface area contributed by atoms with Gasteiger partial charge in [-0.15, -0.1) is 5.10 Å². The number of hydrogen-bond acceptors (Lipinski definition) is 7. The third-order valence-electron chi connectivity index (χ3n) is 4.26. The molecular formula is C19H21ClN6O3. The third-order valence-corrected chi connectivity index (χ3v) is 4.56. The number of aromatic nitrogens is 4. The van der Waals surface area contributed by atoms with Crippen LogP contribution in [0.5, 0.6) is 11.5 Å². The molecule has 2 aromatic carbocycles. The molecule has 0 spiro atoms. The summed E-state index contributed by atoms with van der Waals surface area (Å²) in [6.07, 6.45) is 0. The predicted octanol–water partition coefficient (Wildman–Crippen LogP) is 3.00. The molecule has 0 bridgehead atoms. The van der Waals surface area contributed by atoms with Crippen LogP contribution in [-0.4, -0.2) is 46.9 Å². The number of ether oxygens (including phenoxy) is 2. The van der Waals surface area contributed by atoms with Gasteiger partial charge in [0.2, 0.25) is 5.91 Å². The third kappa shape index (κ3) is 4.57. The van der Waals surface area contributed by atoms with Crippen LogP contribution >= 0.6 is 11.6 Å². The predicted molar refractivity (Wildman–Crippen MR) is 110 cm³/mol. The Balaban J connectivity index is 1.71. The van der Waals surface area contributed by atoms with Crippen molar-refractivity contribution < 1.29 is 14.3 Å². The number of carbonyl (C=O) groups is 1. The first kappa shape index (κ1) is 20.4. The number of methoxy groups -OCH3 is 2. The van der Waals surface area contributed by atoms with Crippen LogP contribution in [0.15, 0.2) is 30.3 Å². The molecule has 0 saturated carbocycles. The van der Waals surface area contributed by atoms with E-state index in [0.717, 1.165) is 16.9 Å². The Morgan fingerprint density at radius 2 is 1.90 bits per heavy atom. The van der Waals surface area contributed by atoms with Crippen molar-refractivity contribution in [1.82, 2.24) is 20.2 Å². The number of benzene rings is 2. The number of halogens is 1. The molecule has 1 aromatic heterocycles. The van der Waals surface area contributed by atoms with E-state index in [4.69, 9.17) is 21.1 Å². The number of nitrogens with one attached hydrogen (secondary N) is 2. The monoisotopic (exact) mass is 416 g/mol. The van der Waals surface area contributed by atoms with E-state index in [2.05, 4.69) is 26.2 Å². The van der Waals surface area contributed by atoms with Gasteiger partial charge in [-0.3, -0.25) is 4.79 Å². The number of aryl methyl sites for hydroxylation is 2. The molecule has 0 unspecified atom stereocenters. The Kier molecular flexibility index (Phi) is 6.18. The summed E-state index contributed by atoms with van der Waals surface area (Å²) >= 11 is 6.09. The molecule has 152 valence electrons. The summed E-state index contributed by atoms with van der Waals surface area (Å²) in [6, 6.07) is 8.91. The Labute approximate surface area is 173 Å². The normalized spacial score (nSPS) is 10.5. The maximum Gasteiger partial charge on any atom is 0.243 e. The standard InChI is InChI=1S/C19H21ClN6O3/c1-11-5-6-13(7-16(11)26-12(2)23-24-25-26)21-10-19(27)22-15-9-17(28-3)14(20)8-18(15)29-4/h5-9,21H,10H2,1-4H3,(H,22,27). The molecule has 9 nitrogen and oxygen atoms in total. The fourth-order valence-corrected chi connectivity index (χ4v) is 2.97. The average molecular weight is 417 g/mol. The van der Waals surface area contributed by atoms with Crippen molar-refractivity contribution in [2.45, 2.75) is 13.8 Å². The lowest BCUT2D eigenvalue weighted by Gasteiger charge is -2.14. The van der Waals surface area contributed by atoms with Gasteiger partial charge in [-0.25, -0.2) is 0 Å². The second-order valence-corrected chi connectivity index (χ2v) is 6.64. The van der Waals surface area contributed by atoms with E-state index in [-0.39, 0.29) is 12.5 Å². The topological polar surface area (TPSA) is 103 Å². The number of rotatable bonds is 7. The molecule has 0 aliphatic rings. The molecule has 0 atom stereocenters. The van der Waals surface area contributed by atoms with E-state index >= 15 is 0 Å². The largest absolute Gasteiger partial charge is 0.495 e. The highest BCUT2D eigenvalue weighted by Crippen LogP contribution is 2.35. The lowest BCUT2D eigenvalue weighted by molar-refractivity contribution is -0.114. The summed E-state index contributed by atoms with van der Waals surface area (Å²) < 4.78 is 12.1. The lowest BCUT2D eigenvalue weighted by Crippen LogP contribution is -2.22. The van der Waals surface area contributed by atoms with Crippen molar-refractivity contribution >= 4 is 28.9 Å². The molecule has 0 aliphatic heterocycles. The van der Waals surface area contributed by atoms with Crippen molar-refractivity contribution in [3.05, 3.63) is 46.7 Å². The first-order valence-electron chi connectivity index (χ1n) is 8.74. The van der Waals surface area contributed by atoms with Crippen LogP contribution in [0.3, 0.4) is 0 Å². The van der Waals surface area contributed by atoms with Gasteiger partial charge in [-0.2, -0.15) is 4.68 Å². The Hall–Kier alpha value is -3.33. The average Bonchev–Trinajstić information content (AvgIpc) is 3.14. The highest BCUT2D eigenvalue weighted by atomic mass is 35.5. The highest BCUT2D eigenvalue weighted by molar-refractivity contribution is 6.32. The van der Waals surface area contributed by atoms with Crippen molar-refractivity contribution in [3.8, 4) is 17.2 Å². The van der Waals surface area contributed by atoms with Gasteiger partial charge < -0.3 is 20.1 Å². The number of carbonyl (C=O) groups excluding carboxylic acids is 1. The van der Waals surface area contributed by atoms with Crippen molar-refractivity contribution in [2.75, 3.05) is 31.4 Å². The molecule has 0 saturated heterocycles. The summed E-state index contributed by atoms with van der Waals surface area (Å²) in [7, 11) is 3.00. The zero-order chi connectivity index (χ0) is 21.0. The molecule has 2 N–H and O–H groups in total. The number of tetrazole rings is 1. The molecule has 0 aliphatic carbocycles. The second kappa shape index (κ2) is 8.78. The fourth-order valence-electron chi connectivity index (χ4n) is 2.74. The van der Waals surface area contributed by atoms with E-state index in [1.165, 1.54) is 14.2 Å². The number of nitrogens with zero attached hydrogens (tertiary/aromatic N) is 4. The summed E-state index contributed by atoms with van der Waals surface area (Å²) in [5.41, 5.74) is 3.07. The van der Waals surface area contributed by atoms with Gasteiger partial charge in [-0.1, -0.05) is 17.7 Å². The minimum Gasteiger partial charge on any atom is -0.495 e.